The molecule has 0 unspecified atom stereocenters. The zero-order chi connectivity index (χ0) is 18.9. The number of nitrogens with zero attached hydrogens (tertiary/aromatic N) is 4. The Balaban J connectivity index is 0.00000364. The minimum Gasteiger partial charge on any atom is -0.450 e. The fourth-order valence-electron chi connectivity index (χ4n) is 2.70. The quantitative estimate of drug-likeness (QED) is 0.355. The van der Waals surface area contributed by atoms with Gasteiger partial charge in [0.15, 0.2) is 11.8 Å². The van der Waals surface area contributed by atoms with Crippen LogP contribution in [0.3, 0.4) is 0 Å². The van der Waals surface area contributed by atoms with Crippen LogP contribution < -0.4 is 10.6 Å². The largest absolute Gasteiger partial charge is 0.450 e. The first-order chi connectivity index (χ1) is 12.5. The van der Waals surface area contributed by atoms with E-state index in [2.05, 4.69) is 25.8 Å². The zero-order valence-corrected chi connectivity index (χ0v) is 18.9. The normalized spacial score (nSPS) is 15.4. The monoisotopic (exact) mass is 494 g/mol. The highest BCUT2D eigenvalue weighted by Gasteiger charge is 2.24. The van der Waals surface area contributed by atoms with E-state index in [-0.39, 0.29) is 42.0 Å². The van der Waals surface area contributed by atoms with Crippen molar-refractivity contribution in [2.75, 3.05) is 33.3 Å². The van der Waals surface area contributed by atoms with Gasteiger partial charge in [-0.25, -0.2) is 4.79 Å². The van der Waals surface area contributed by atoms with Crippen LogP contribution in [0.2, 0.25) is 0 Å². The van der Waals surface area contributed by atoms with Crippen LogP contribution in [-0.2, 0) is 11.2 Å². The van der Waals surface area contributed by atoms with Gasteiger partial charge >= 0.3 is 6.09 Å². The Morgan fingerprint density at radius 3 is 2.67 bits per heavy atom. The Morgan fingerprint density at radius 1 is 1.41 bits per heavy atom. The van der Waals surface area contributed by atoms with Gasteiger partial charge < -0.3 is 24.8 Å². The Morgan fingerprint density at radius 2 is 2.11 bits per heavy atom. The molecule has 9 nitrogen and oxygen atoms in total. The summed E-state index contributed by atoms with van der Waals surface area (Å²) in [4.78, 5) is 22.1. The lowest BCUT2D eigenvalue weighted by Crippen LogP contribution is -2.50. The summed E-state index contributed by atoms with van der Waals surface area (Å²) < 4.78 is 10.3. The summed E-state index contributed by atoms with van der Waals surface area (Å²) in [5.74, 6) is 2.36. The number of likely N-dealkylation sites (tertiary alicyclic amines) is 1. The predicted octanol–water partition coefficient (Wildman–Crippen LogP) is 2.14. The SMILES string of the molecule is CCOC(=O)N1CCC(NC(=NC)NCCc2nc(C(C)C)no2)CC1.I. The number of carbonyl (C=O) groups is 1. The van der Waals surface area contributed by atoms with E-state index in [0.29, 0.717) is 38.6 Å². The summed E-state index contributed by atoms with van der Waals surface area (Å²) in [6.45, 7) is 8.33. The van der Waals surface area contributed by atoms with Gasteiger partial charge in [0, 0.05) is 45.1 Å². The third kappa shape index (κ3) is 7.51. The molecule has 2 N–H and O–H groups in total. The summed E-state index contributed by atoms with van der Waals surface area (Å²) >= 11 is 0. The van der Waals surface area contributed by atoms with Crippen LogP contribution in [-0.4, -0.2) is 66.4 Å². The number of amides is 1. The second-order valence-corrected chi connectivity index (χ2v) is 6.55. The Bertz CT molecular complexity index is 599. The lowest BCUT2D eigenvalue weighted by molar-refractivity contribution is 0.0963. The summed E-state index contributed by atoms with van der Waals surface area (Å²) in [6, 6.07) is 0.280. The highest BCUT2D eigenvalue weighted by Crippen LogP contribution is 2.12. The maximum atomic E-state index is 11.7. The molecule has 1 fully saturated rings. The topological polar surface area (TPSA) is 105 Å². The first-order valence-corrected chi connectivity index (χ1v) is 9.24. The Kier molecular flexibility index (Phi) is 10.4. The van der Waals surface area contributed by atoms with E-state index in [1.807, 2.05) is 20.8 Å². The van der Waals surface area contributed by atoms with E-state index < -0.39 is 0 Å². The van der Waals surface area contributed by atoms with Crippen molar-refractivity contribution >= 4 is 36.0 Å². The van der Waals surface area contributed by atoms with Gasteiger partial charge in [-0.05, 0) is 19.8 Å². The summed E-state index contributed by atoms with van der Waals surface area (Å²) in [6.07, 6.45) is 2.14. The molecular weight excluding hydrogens is 463 g/mol. The molecule has 0 atom stereocenters. The Labute approximate surface area is 177 Å². The molecule has 2 heterocycles. The second-order valence-electron chi connectivity index (χ2n) is 6.55. The van der Waals surface area contributed by atoms with Gasteiger partial charge in [-0.15, -0.1) is 24.0 Å². The third-order valence-electron chi connectivity index (χ3n) is 4.22. The molecule has 0 radical (unpaired) electrons. The zero-order valence-electron chi connectivity index (χ0n) is 16.5. The number of ether oxygens (including phenoxy) is 1. The first-order valence-electron chi connectivity index (χ1n) is 9.24. The van der Waals surface area contributed by atoms with Crippen molar-refractivity contribution in [3.8, 4) is 0 Å². The molecule has 1 aromatic rings. The molecule has 0 spiro atoms. The summed E-state index contributed by atoms with van der Waals surface area (Å²) in [7, 11) is 1.74. The van der Waals surface area contributed by atoms with Crippen molar-refractivity contribution in [3.63, 3.8) is 0 Å². The van der Waals surface area contributed by atoms with Crippen LogP contribution >= 0.6 is 24.0 Å². The molecule has 27 heavy (non-hydrogen) atoms. The molecule has 1 aliphatic rings. The summed E-state index contributed by atoms with van der Waals surface area (Å²) in [5, 5.41) is 10.6. The van der Waals surface area contributed by atoms with Gasteiger partial charge in [-0.1, -0.05) is 19.0 Å². The van der Waals surface area contributed by atoms with E-state index in [1.54, 1.807) is 11.9 Å². The van der Waals surface area contributed by atoms with Gasteiger partial charge in [-0.2, -0.15) is 4.98 Å². The van der Waals surface area contributed by atoms with Crippen LogP contribution in [0.25, 0.3) is 0 Å². The fourth-order valence-corrected chi connectivity index (χ4v) is 2.70. The molecule has 2 rings (SSSR count). The van der Waals surface area contributed by atoms with Crippen LogP contribution in [0.1, 0.15) is 51.2 Å². The van der Waals surface area contributed by atoms with Gasteiger partial charge in [0.2, 0.25) is 5.89 Å². The van der Waals surface area contributed by atoms with Gasteiger partial charge in [-0.3, -0.25) is 4.99 Å². The third-order valence-corrected chi connectivity index (χ3v) is 4.22. The number of hydrogen-bond acceptors (Lipinski definition) is 6. The lowest BCUT2D eigenvalue weighted by atomic mass is 10.1. The van der Waals surface area contributed by atoms with Gasteiger partial charge in [0.05, 0.1) is 6.61 Å². The van der Waals surface area contributed by atoms with E-state index in [4.69, 9.17) is 9.26 Å². The van der Waals surface area contributed by atoms with Gasteiger partial charge in [0.1, 0.15) is 0 Å². The van der Waals surface area contributed by atoms with E-state index in [9.17, 15) is 4.79 Å². The molecule has 0 saturated carbocycles. The van der Waals surface area contributed by atoms with Crippen LogP contribution in [0, 0.1) is 0 Å². The van der Waals surface area contributed by atoms with Crippen molar-refractivity contribution < 1.29 is 14.1 Å². The number of rotatable bonds is 6. The van der Waals surface area contributed by atoms with Crippen molar-refractivity contribution in [2.45, 2.75) is 52.0 Å². The Hall–Kier alpha value is -1.59. The minimum absolute atomic E-state index is 0. The number of carbonyl (C=O) groups excluding carboxylic acids is 1. The van der Waals surface area contributed by atoms with Crippen LogP contribution in [0.4, 0.5) is 4.79 Å². The average Bonchev–Trinajstić information content (AvgIpc) is 3.11. The minimum atomic E-state index is -0.228. The van der Waals surface area contributed by atoms with Crippen molar-refractivity contribution in [1.82, 2.24) is 25.7 Å². The smallest absolute Gasteiger partial charge is 0.409 e. The molecule has 1 amide bonds. The maximum Gasteiger partial charge on any atom is 0.409 e. The molecule has 1 saturated heterocycles. The number of piperidine rings is 1. The van der Waals surface area contributed by atoms with Crippen molar-refractivity contribution in [2.24, 2.45) is 4.99 Å². The highest BCUT2D eigenvalue weighted by atomic mass is 127. The molecule has 10 heteroatoms. The lowest BCUT2D eigenvalue weighted by Gasteiger charge is -2.32. The maximum absolute atomic E-state index is 11.7. The van der Waals surface area contributed by atoms with Crippen LogP contribution in [0.5, 0.6) is 0 Å². The summed E-state index contributed by atoms with van der Waals surface area (Å²) in [5.41, 5.74) is 0. The number of halogens is 1. The van der Waals surface area contributed by atoms with Crippen LogP contribution in [0.15, 0.2) is 9.52 Å². The molecule has 1 aromatic heterocycles. The predicted molar refractivity (Wildman–Crippen MR) is 114 cm³/mol. The second kappa shape index (κ2) is 12.0. The molecule has 1 aliphatic heterocycles. The number of aromatic nitrogens is 2. The first kappa shape index (κ1) is 23.4. The molecular formula is C17H31IN6O3. The fraction of sp³-hybridized carbons (Fsp3) is 0.765. The van der Waals surface area contributed by atoms with E-state index in [0.717, 1.165) is 24.6 Å². The van der Waals surface area contributed by atoms with Crippen molar-refractivity contribution in [3.05, 3.63) is 11.7 Å². The molecule has 154 valence electrons. The van der Waals surface area contributed by atoms with Crippen molar-refractivity contribution in [1.29, 1.82) is 0 Å². The molecule has 0 aromatic carbocycles. The standard InChI is InChI=1S/C17H30N6O3.HI/c1-5-25-17(24)23-10-7-13(8-11-23)20-16(18-4)19-9-6-14-21-15(12(2)3)22-26-14;/h12-13H,5-11H2,1-4H3,(H2,18,19,20);1H. The number of hydrogen-bond donors (Lipinski definition) is 2. The number of guanidine groups is 1. The highest BCUT2D eigenvalue weighted by molar-refractivity contribution is 14.0. The number of aliphatic imine (C=N–C) groups is 1. The molecule has 0 aliphatic carbocycles. The van der Waals surface area contributed by atoms with E-state index in [1.165, 1.54) is 0 Å². The molecule has 0 bridgehead atoms. The average molecular weight is 494 g/mol. The van der Waals surface area contributed by atoms with Gasteiger partial charge in [0.25, 0.3) is 0 Å². The number of nitrogens with one attached hydrogen (secondary N) is 2. The van der Waals surface area contributed by atoms with E-state index >= 15 is 0 Å².